The molecule has 11 heteroatoms. The number of phenols is 2. The second-order valence-corrected chi connectivity index (χ2v) is 12.4. The molecule has 1 atom stereocenters. The van der Waals surface area contributed by atoms with E-state index in [0.717, 1.165) is 39.2 Å². The molecule has 4 amide bonds. The second kappa shape index (κ2) is 14.4. The van der Waals surface area contributed by atoms with E-state index < -0.39 is 35.5 Å². The molecule has 6 rings (SSSR count). The maximum absolute atomic E-state index is 15.2. The Kier molecular flexibility index (Phi) is 9.78. The van der Waals surface area contributed by atoms with Crippen LogP contribution in [0.25, 0.3) is 11.1 Å². The summed E-state index contributed by atoms with van der Waals surface area (Å²) in [5, 5.41) is 21.9. The van der Waals surface area contributed by atoms with Crippen molar-refractivity contribution in [2.75, 3.05) is 20.2 Å². The van der Waals surface area contributed by atoms with E-state index >= 15 is 4.39 Å². The Bertz CT molecular complexity index is 1990. The summed E-state index contributed by atoms with van der Waals surface area (Å²) in [5.74, 6) is -2.70. The van der Waals surface area contributed by atoms with Gasteiger partial charge in [0.2, 0.25) is 11.8 Å². The van der Waals surface area contributed by atoms with Gasteiger partial charge in [-0.25, -0.2) is 4.39 Å². The van der Waals surface area contributed by atoms with Crippen LogP contribution in [-0.2, 0) is 16.1 Å². The molecule has 256 valence electrons. The largest absolute Gasteiger partial charge is 0.508 e. The van der Waals surface area contributed by atoms with Crippen LogP contribution in [0.3, 0.4) is 0 Å². The highest BCUT2D eigenvalue weighted by molar-refractivity contribution is 6.23. The van der Waals surface area contributed by atoms with Crippen LogP contribution in [0.5, 0.6) is 17.2 Å². The summed E-state index contributed by atoms with van der Waals surface area (Å²) in [7, 11) is 1.82. The first kappa shape index (κ1) is 34.1. The lowest BCUT2D eigenvalue weighted by Gasteiger charge is -2.27. The minimum absolute atomic E-state index is 0.00800. The first-order valence-electron chi connectivity index (χ1n) is 16.3. The number of benzene rings is 4. The van der Waals surface area contributed by atoms with Crippen molar-refractivity contribution in [2.24, 2.45) is 0 Å². The lowest BCUT2D eigenvalue weighted by Crippen LogP contribution is -2.54. The van der Waals surface area contributed by atoms with Crippen LogP contribution in [0, 0.1) is 5.82 Å². The number of fused-ring (bicyclic) bond motifs is 1. The molecule has 50 heavy (non-hydrogen) atoms. The molecule has 2 aliphatic heterocycles. The number of halogens is 1. The van der Waals surface area contributed by atoms with Crippen LogP contribution in [-0.4, -0.2) is 69.9 Å². The van der Waals surface area contributed by atoms with Gasteiger partial charge < -0.3 is 14.9 Å². The maximum atomic E-state index is 15.2. The Balaban J connectivity index is 1.12. The summed E-state index contributed by atoms with van der Waals surface area (Å²) in [6.07, 6.45) is 0.696. The number of amides is 4. The van der Waals surface area contributed by atoms with Crippen molar-refractivity contribution in [2.45, 2.75) is 38.8 Å². The first-order valence-corrected chi connectivity index (χ1v) is 16.3. The average molecular weight is 678 g/mol. The van der Waals surface area contributed by atoms with E-state index in [4.69, 9.17) is 4.74 Å². The number of ether oxygens (including phenoxy) is 1. The lowest BCUT2D eigenvalue weighted by atomic mass is 9.88. The number of hydrogen-bond donors (Lipinski definition) is 3. The number of piperidine rings is 1. The van der Waals surface area contributed by atoms with Gasteiger partial charge in [0.25, 0.3) is 11.8 Å². The van der Waals surface area contributed by atoms with Gasteiger partial charge in [-0.15, -0.1) is 0 Å². The smallest absolute Gasteiger partial charge is 0.265 e. The van der Waals surface area contributed by atoms with Crippen molar-refractivity contribution >= 4 is 34.8 Å². The zero-order valence-corrected chi connectivity index (χ0v) is 27.6. The van der Waals surface area contributed by atoms with E-state index in [1.54, 1.807) is 24.3 Å². The molecule has 10 nitrogen and oxygen atoms in total. The Morgan fingerprint density at radius 1 is 0.880 bits per heavy atom. The molecule has 4 aromatic rings. The predicted octanol–water partition coefficient (Wildman–Crippen LogP) is 5.52. The Hall–Kier alpha value is -5.81. The fourth-order valence-electron chi connectivity index (χ4n) is 6.45. The summed E-state index contributed by atoms with van der Waals surface area (Å²) in [6, 6.07) is 23.4. The van der Waals surface area contributed by atoms with Crippen molar-refractivity contribution in [3.63, 3.8) is 0 Å². The number of rotatable bonds is 11. The molecule has 1 unspecified atom stereocenters. The number of carbonyl (C=O) groups excluding carboxylic acids is 4. The Labute approximate surface area is 288 Å². The number of phenolic OH excluding ortho intramolecular Hbond substituents is 2. The van der Waals surface area contributed by atoms with E-state index in [-0.39, 0.29) is 42.0 Å². The molecule has 2 heterocycles. The standard InChI is InChI=1S/C39H36FN3O7/c1-3-30(24-4-10-27(44)11-5-24)35(25-6-12-28(45)13-7-25)26-8-14-29(15-9-26)50-19-18-42(2)22-23-20-31-36(32(40)21-23)39(49)43(38(31)48)33-16-17-34(46)41-37(33)47/h4-15,20-21,33,44-45H,3,16-19,22H2,1-2H3,(H,41,46,47). The van der Waals surface area contributed by atoms with Gasteiger partial charge in [0, 0.05) is 19.5 Å². The Morgan fingerprint density at radius 2 is 1.48 bits per heavy atom. The van der Waals surface area contributed by atoms with Crippen LogP contribution in [0.4, 0.5) is 4.39 Å². The van der Waals surface area contributed by atoms with Gasteiger partial charge in [-0.1, -0.05) is 43.3 Å². The highest BCUT2D eigenvalue weighted by Crippen LogP contribution is 2.36. The number of nitrogens with zero attached hydrogens (tertiary/aromatic N) is 2. The zero-order chi connectivity index (χ0) is 35.5. The van der Waals surface area contributed by atoms with Crippen molar-refractivity contribution < 1.29 is 38.5 Å². The van der Waals surface area contributed by atoms with E-state index in [1.807, 2.05) is 60.5 Å². The third kappa shape index (κ3) is 6.99. The number of nitrogens with one attached hydrogen (secondary N) is 1. The molecule has 0 spiro atoms. The maximum Gasteiger partial charge on any atom is 0.265 e. The van der Waals surface area contributed by atoms with Gasteiger partial charge in [-0.3, -0.25) is 34.3 Å². The lowest BCUT2D eigenvalue weighted by molar-refractivity contribution is -0.136. The van der Waals surface area contributed by atoms with E-state index in [0.29, 0.717) is 24.5 Å². The molecule has 2 aliphatic rings. The Morgan fingerprint density at radius 3 is 2.08 bits per heavy atom. The minimum atomic E-state index is -1.17. The monoisotopic (exact) mass is 677 g/mol. The van der Waals surface area contributed by atoms with Gasteiger partial charge in [-0.2, -0.15) is 0 Å². The van der Waals surface area contributed by atoms with Gasteiger partial charge in [0.05, 0.1) is 11.1 Å². The zero-order valence-electron chi connectivity index (χ0n) is 27.6. The summed E-state index contributed by atoms with van der Waals surface area (Å²) in [4.78, 5) is 52.7. The highest BCUT2D eigenvalue weighted by atomic mass is 19.1. The van der Waals surface area contributed by atoms with Crippen LogP contribution < -0.4 is 10.1 Å². The van der Waals surface area contributed by atoms with Crippen molar-refractivity contribution in [3.8, 4) is 17.2 Å². The molecule has 0 aromatic heterocycles. The van der Waals surface area contributed by atoms with Crippen LogP contribution in [0.2, 0.25) is 0 Å². The van der Waals surface area contributed by atoms with Gasteiger partial charge in [0.1, 0.15) is 35.7 Å². The topological polar surface area (TPSA) is 136 Å². The second-order valence-electron chi connectivity index (χ2n) is 12.4. The number of imide groups is 2. The molecule has 0 bridgehead atoms. The summed E-state index contributed by atoms with van der Waals surface area (Å²) in [6.45, 7) is 3.12. The molecule has 3 N–H and O–H groups in total. The molecule has 0 radical (unpaired) electrons. The normalized spacial score (nSPS) is 16.4. The van der Waals surface area contributed by atoms with Crippen LogP contribution >= 0.6 is 0 Å². The molecule has 0 saturated carbocycles. The minimum Gasteiger partial charge on any atom is -0.508 e. The first-order chi connectivity index (χ1) is 24.0. The number of carbonyl (C=O) groups is 4. The summed E-state index contributed by atoms with van der Waals surface area (Å²) < 4.78 is 21.2. The van der Waals surface area contributed by atoms with Gasteiger partial charge in [-0.05, 0) is 102 Å². The van der Waals surface area contributed by atoms with Gasteiger partial charge in [0.15, 0.2) is 0 Å². The summed E-state index contributed by atoms with van der Waals surface area (Å²) in [5.41, 5.74) is 4.94. The van der Waals surface area contributed by atoms with E-state index in [2.05, 4.69) is 12.2 Å². The summed E-state index contributed by atoms with van der Waals surface area (Å²) >= 11 is 0. The van der Waals surface area contributed by atoms with Gasteiger partial charge >= 0.3 is 0 Å². The molecule has 4 aromatic carbocycles. The number of allylic oxidation sites excluding steroid dienone is 1. The van der Waals surface area contributed by atoms with E-state index in [1.165, 1.54) is 12.1 Å². The molecule has 0 aliphatic carbocycles. The molecule has 1 fully saturated rings. The van der Waals surface area contributed by atoms with Crippen molar-refractivity contribution in [3.05, 3.63) is 124 Å². The van der Waals surface area contributed by atoms with Crippen LogP contribution in [0.15, 0.2) is 84.9 Å². The number of hydrogen-bond acceptors (Lipinski definition) is 8. The third-order valence-corrected chi connectivity index (χ3v) is 8.92. The molecular weight excluding hydrogens is 641 g/mol. The molecule has 1 saturated heterocycles. The van der Waals surface area contributed by atoms with Crippen molar-refractivity contribution in [1.29, 1.82) is 0 Å². The third-order valence-electron chi connectivity index (χ3n) is 8.92. The highest BCUT2D eigenvalue weighted by Gasteiger charge is 2.46. The SMILES string of the molecule is CCC(=C(c1ccc(O)cc1)c1ccc(OCCN(C)Cc2cc(F)c3c(c2)C(=O)N(C2CCC(=O)NC2=O)C3=O)cc1)c1ccc(O)cc1. The number of aromatic hydroxyl groups is 2. The number of likely N-dealkylation sites (N-methyl/N-ethyl adjacent to an activating group) is 1. The average Bonchev–Trinajstić information content (AvgIpc) is 3.34. The fraction of sp³-hybridized carbons (Fsp3) is 0.231. The fourth-order valence-corrected chi connectivity index (χ4v) is 6.45. The van der Waals surface area contributed by atoms with Crippen LogP contribution in [0.1, 0.15) is 69.2 Å². The van der Waals surface area contributed by atoms with E-state index in [9.17, 15) is 29.4 Å². The van der Waals surface area contributed by atoms with Crippen molar-refractivity contribution in [1.82, 2.24) is 15.1 Å². The predicted molar refractivity (Wildman–Crippen MR) is 184 cm³/mol. The quantitative estimate of drug-likeness (QED) is 0.140. The molecular formula is C39H36FN3O7.